The molecule has 2 rings (SSSR count). The lowest BCUT2D eigenvalue weighted by Crippen LogP contribution is -2.55. The van der Waals surface area contributed by atoms with Crippen molar-refractivity contribution in [2.45, 2.75) is 53.4 Å². The number of hydrogen-bond donors (Lipinski definition) is 0. The molecule has 0 atom stereocenters. The maximum atomic E-state index is 2.44. The lowest BCUT2D eigenvalue weighted by molar-refractivity contribution is -0.924. The third kappa shape index (κ3) is 1.92. The highest BCUT2D eigenvalue weighted by molar-refractivity contribution is 4.88. The van der Waals surface area contributed by atoms with Crippen LogP contribution in [0.15, 0.2) is 0 Å². The summed E-state index contributed by atoms with van der Waals surface area (Å²) in [5, 5.41) is 0. The van der Waals surface area contributed by atoms with Gasteiger partial charge in [0.1, 0.15) is 0 Å². The fourth-order valence-electron chi connectivity index (χ4n) is 4.40. The van der Waals surface area contributed by atoms with Crippen molar-refractivity contribution in [2.75, 3.05) is 26.2 Å². The zero-order valence-corrected chi connectivity index (χ0v) is 11.8. The first kappa shape index (κ1) is 12.4. The van der Waals surface area contributed by atoms with Crippen molar-refractivity contribution in [1.29, 1.82) is 0 Å². The molecule has 0 saturated carbocycles. The van der Waals surface area contributed by atoms with Gasteiger partial charge in [-0.1, -0.05) is 27.7 Å². The summed E-state index contributed by atoms with van der Waals surface area (Å²) in [4.78, 5) is 0. The zero-order valence-electron chi connectivity index (χ0n) is 11.8. The molecule has 16 heavy (non-hydrogen) atoms. The van der Waals surface area contributed by atoms with Gasteiger partial charge in [-0.2, -0.15) is 0 Å². The molecule has 0 unspecified atom stereocenters. The molecule has 2 aliphatic heterocycles. The Balaban J connectivity index is 2.06. The van der Waals surface area contributed by atoms with Gasteiger partial charge in [0.05, 0.1) is 26.2 Å². The molecule has 2 saturated heterocycles. The van der Waals surface area contributed by atoms with Crippen LogP contribution in [0.2, 0.25) is 0 Å². The summed E-state index contributed by atoms with van der Waals surface area (Å²) in [6.07, 6.45) is 5.91. The van der Waals surface area contributed by atoms with E-state index >= 15 is 0 Å². The molecule has 0 aromatic rings. The number of rotatable bonds is 2. The summed E-state index contributed by atoms with van der Waals surface area (Å²) >= 11 is 0. The van der Waals surface area contributed by atoms with E-state index in [1.165, 1.54) is 56.3 Å². The third-order valence-corrected chi connectivity index (χ3v) is 5.92. The first-order chi connectivity index (χ1) is 7.51. The minimum atomic E-state index is 0.645. The molecule has 0 radical (unpaired) electrons. The van der Waals surface area contributed by atoms with Crippen LogP contribution in [0, 0.1) is 17.3 Å². The van der Waals surface area contributed by atoms with Crippen LogP contribution < -0.4 is 0 Å². The molecule has 1 nitrogen and oxygen atoms in total. The van der Waals surface area contributed by atoms with E-state index in [2.05, 4.69) is 27.7 Å². The minimum Gasteiger partial charge on any atom is -0.324 e. The molecule has 0 amide bonds. The molecule has 0 bridgehead atoms. The Morgan fingerprint density at radius 2 is 1.19 bits per heavy atom. The Labute approximate surface area is 102 Å². The smallest absolute Gasteiger partial charge is 0.0792 e. The van der Waals surface area contributed by atoms with Crippen molar-refractivity contribution in [3.63, 3.8) is 0 Å². The second-order valence-electron chi connectivity index (χ2n) is 6.99. The molecule has 2 heterocycles. The molecular weight excluding hydrogens is 194 g/mol. The van der Waals surface area contributed by atoms with Gasteiger partial charge < -0.3 is 4.48 Å². The van der Waals surface area contributed by atoms with Crippen molar-refractivity contribution in [3.8, 4) is 0 Å². The summed E-state index contributed by atoms with van der Waals surface area (Å²) in [5.41, 5.74) is 0.645. The molecule has 94 valence electrons. The second-order valence-corrected chi connectivity index (χ2v) is 6.99. The lowest BCUT2D eigenvalue weighted by Gasteiger charge is -2.50. The maximum Gasteiger partial charge on any atom is 0.0792 e. The van der Waals surface area contributed by atoms with Crippen LogP contribution >= 0.6 is 0 Å². The first-order valence-corrected chi connectivity index (χ1v) is 7.36. The van der Waals surface area contributed by atoms with Gasteiger partial charge in [-0.15, -0.1) is 0 Å². The summed E-state index contributed by atoms with van der Waals surface area (Å²) < 4.78 is 1.47. The van der Waals surface area contributed by atoms with E-state index < -0.39 is 0 Å². The quantitative estimate of drug-likeness (QED) is 0.628. The minimum absolute atomic E-state index is 0.645. The number of nitrogens with zero attached hydrogens (tertiary/aromatic N) is 1. The van der Waals surface area contributed by atoms with E-state index in [1.54, 1.807) is 0 Å². The normalized spacial score (nSPS) is 28.1. The van der Waals surface area contributed by atoms with E-state index in [0.29, 0.717) is 5.41 Å². The van der Waals surface area contributed by atoms with Crippen LogP contribution in [-0.4, -0.2) is 30.7 Å². The topological polar surface area (TPSA) is 0 Å². The fraction of sp³-hybridized carbons (Fsp3) is 1.00. The predicted octanol–water partition coefficient (Wildman–Crippen LogP) is 3.69. The van der Waals surface area contributed by atoms with E-state index in [1.807, 2.05) is 0 Å². The van der Waals surface area contributed by atoms with Crippen molar-refractivity contribution < 1.29 is 4.48 Å². The van der Waals surface area contributed by atoms with E-state index in [4.69, 9.17) is 0 Å². The van der Waals surface area contributed by atoms with Gasteiger partial charge in [0.15, 0.2) is 0 Å². The average Bonchev–Trinajstić information content (AvgIpc) is 2.67. The Hall–Kier alpha value is -0.0400. The molecular formula is C15H30N+. The highest BCUT2D eigenvalue weighted by Crippen LogP contribution is 2.47. The van der Waals surface area contributed by atoms with Crippen LogP contribution in [0.4, 0.5) is 0 Å². The predicted molar refractivity (Wildman–Crippen MR) is 70.3 cm³/mol. The Bertz CT molecular complexity index is 216. The van der Waals surface area contributed by atoms with Gasteiger partial charge in [-0.05, 0) is 17.3 Å². The summed E-state index contributed by atoms with van der Waals surface area (Å²) in [6, 6.07) is 0. The molecule has 0 aliphatic carbocycles. The monoisotopic (exact) mass is 224 g/mol. The molecule has 0 aromatic carbocycles. The molecule has 1 spiro atoms. The molecule has 2 fully saturated rings. The SMILES string of the molecule is CC(C)C1(C(C)C)CC[N+]2(CCCC2)CC1. The average molecular weight is 224 g/mol. The lowest BCUT2D eigenvalue weighted by atomic mass is 9.63. The third-order valence-electron chi connectivity index (χ3n) is 5.92. The van der Waals surface area contributed by atoms with Crippen LogP contribution in [0.5, 0.6) is 0 Å². The Kier molecular flexibility index (Phi) is 3.36. The van der Waals surface area contributed by atoms with Crippen molar-refractivity contribution in [3.05, 3.63) is 0 Å². The van der Waals surface area contributed by atoms with Crippen molar-refractivity contribution >= 4 is 0 Å². The van der Waals surface area contributed by atoms with E-state index in [0.717, 1.165) is 11.8 Å². The molecule has 2 aliphatic rings. The van der Waals surface area contributed by atoms with Crippen molar-refractivity contribution in [1.82, 2.24) is 0 Å². The van der Waals surface area contributed by atoms with Gasteiger partial charge >= 0.3 is 0 Å². The van der Waals surface area contributed by atoms with Crippen LogP contribution in [0.25, 0.3) is 0 Å². The van der Waals surface area contributed by atoms with Gasteiger partial charge in [0, 0.05) is 25.7 Å². The summed E-state index contributed by atoms with van der Waals surface area (Å²) in [5.74, 6) is 1.71. The van der Waals surface area contributed by atoms with Gasteiger partial charge in [-0.25, -0.2) is 0 Å². The maximum absolute atomic E-state index is 2.44. The standard InChI is InChI=1S/C15H30N/c1-13(2)15(14(3)4)7-11-16(12-8-15)9-5-6-10-16/h13-14H,5-12H2,1-4H3/q+1. The summed E-state index contributed by atoms with van der Waals surface area (Å²) in [7, 11) is 0. The largest absolute Gasteiger partial charge is 0.324 e. The highest BCUT2D eigenvalue weighted by atomic mass is 15.4. The van der Waals surface area contributed by atoms with Crippen LogP contribution in [-0.2, 0) is 0 Å². The van der Waals surface area contributed by atoms with Gasteiger partial charge in [-0.3, -0.25) is 0 Å². The molecule has 0 aromatic heterocycles. The fourth-order valence-corrected chi connectivity index (χ4v) is 4.40. The highest BCUT2D eigenvalue weighted by Gasteiger charge is 2.46. The first-order valence-electron chi connectivity index (χ1n) is 7.36. The molecule has 0 N–H and O–H groups in total. The number of piperidine rings is 1. The zero-order chi connectivity index (χ0) is 11.8. The number of hydrogen-bond acceptors (Lipinski definition) is 0. The van der Waals surface area contributed by atoms with E-state index in [9.17, 15) is 0 Å². The van der Waals surface area contributed by atoms with Crippen molar-refractivity contribution in [2.24, 2.45) is 17.3 Å². The number of quaternary nitrogens is 1. The molecule has 1 heteroatoms. The van der Waals surface area contributed by atoms with E-state index in [-0.39, 0.29) is 0 Å². The van der Waals surface area contributed by atoms with Crippen LogP contribution in [0.3, 0.4) is 0 Å². The Morgan fingerprint density at radius 1 is 0.750 bits per heavy atom. The van der Waals surface area contributed by atoms with Gasteiger partial charge in [0.2, 0.25) is 0 Å². The summed E-state index contributed by atoms with van der Waals surface area (Å²) in [6.45, 7) is 15.7. The van der Waals surface area contributed by atoms with Gasteiger partial charge in [0.25, 0.3) is 0 Å². The Morgan fingerprint density at radius 3 is 1.56 bits per heavy atom. The second kappa shape index (κ2) is 4.33. The van der Waals surface area contributed by atoms with Crippen LogP contribution in [0.1, 0.15) is 53.4 Å².